The van der Waals surface area contributed by atoms with Gasteiger partial charge < -0.3 is 10.6 Å². The molecule has 0 aliphatic heterocycles. The number of para-hydroxylation sites is 1. The zero-order valence-electron chi connectivity index (χ0n) is 12.5. The molecule has 2 aromatic rings. The van der Waals surface area contributed by atoms with Gasteiger partial charge in [-0.15, -0.1) is 0 Å². The van der Waals surface area contributed by atoms with Crippen LogP contribution >= 0.6 is 23.2 Å². The predicted molar refractivity (Wildman–Crippen MR) is 89.8 cm³/mol. The van der Waals surface area contributed by atoms with Crippen molar-refractivity contribution in [1.82, 2.24) is 0 Å². The summed E-state index contributed by atoms with van der Waals surface area (Å²) in [6, 6.07) is 9.28. The fraction of sp³-hybridized carbons (Fsp3) is 0.125. The van der Waals surface area contributed by atoms with Gasteiger partial charge in [0.1, 0.15) is 6.42 Å². The van der Waals surface area contributed by atoms with Crippen LogP contribution in [0.25, 0.3) is 0 Å². The molecule has 0 bridgehead atoms. The van der Waals surface area contributed by atoms with E-state index in [2.05, 4.69) is 10.6 Å². The van der Waals surface area contributed by atoms with E-state index in [4.69, 9.17) is 23.2 Å². The van der Waals surface area contributed by atoms with Crippen molar-refractivity contribution in [3.63, 3.8) is 0 Å². The molecule has 2 aromatic carbocycles. The molecule has 0 aromatic heterocycles. The maximum Gasteiger partial charge on any atom is 0.418 e. The summed E-state index contributed by atoms with van der Waals surface area (Å²) >= 11 is 11.4. The number of hydrogen-bond acceptors (Lipinski definition) is 2. The van der Waals surface area contributed by atoms with Gasteiger partial charge in [-0.05, 0) is 30.3 Å². The molecule has 9 heteroatoms. The number of anilines is 2. The third kappa shape index (κ3) is 5.37. The molecule has 0 aliphatic rings. The van der Waals surface area contributed by atoms with Gasteiger partial charge in [0.05, 0.1) is 22.0 Å². The fourth-order valence-electron chi connectivity index (χ4n) is 1.96. The second kappa shape index (κ2) is 7.76. The minimum atomic E-state index is -4.70. The second-order valence-corrected chi connectivity index (χ2v) is 5.78. The zero-order valence-corrected chi connectivity index (χ0v) is 14.0. The quantitative estimate of drug-likeness (QED) is 0.723. The molecule has 0 saturated carbocycles. The average molecular weight is 391 g/mol. The topological polar surface area (TPSA) is 58.2 Å². The minimum absolute atomic E-state index is 0.123. The Hall–Kier alpha value is -2.25. The van der Waals surface area contributed by atoms with E-state index in [1.807, 2.05) is 0 Å². The zero-order chi connectivity index (χ0) is 18.6. The summed E-state index contributed by atoms with van der Waals surface area (Å²) in [7, 11) is 0. The van der Waals surface area contributed by atoms with E-state index in [1.54, 1.807) is 18.2 Å². The normalized spacial score (nSPS) is 11.1. The van der Waals surface area contributed by atoms with Crippen LogP contribution in [-0.2, 0) is 15.8 Å². The lowest BCUT2D eigenvalue weighted by Gasteiger charge is -2.14. The first kappa shape index (κ1) is 19.1. The summed E-state index contributed by atoms with van der Waals surface area (Å²) < 4.78 is 38.9. The molecule has 4 nitrogen and oxygen atoms in total. The van der Waals surface area contributed by atoms with Crippen molar-refractivity contribution >= 4 is 46.4 Å². The molecule has 132 valence electrons. The number of alkyl halides is 3. The smallest absolute Gasteiger partial charge is 0.325 e. The molecular weight excluding hydrogens is 380 g/mol. The van der Waals surface area contributed by atoms with Gasteiger partial charge in [-0.25, -0.2) is 0 Å². The molecule has 0 spiro atoms. The van der Waals surface area contributed by atoms with Crippen LogP contribution in [0.15, 0.2) is 42.5 Å². The number of nitrogens with one attached hydrogen (secondary N) is 2. The Bertz CT molecular complexity index is 810. The summed E-state index contributed by atoms with van der Waals surface area (Å²) in [5.41, 5.74) is -1.28. The van der Waals surface area contributed by atoms with Crippen molar-refractivity contribution in [3.05, 3.63) is 58.1 Å². The van der Waals surface area contributed by atoms with Crippen molar-refractivity contribution in [2.75, 3.05) is 10.6 Å². The Morgan fingerprint density at radius 1 is 0.920 bits per heavy atom. The van der Waals surface area contributed by atoms with Gasteiger partial charge >= 0.3 is 6.18 Å². The van der Waals surface area contributed by atoms with Gasteiger partial charge in [-0.1, -0.05) is 35.3 Å². The minimum Gasteiger partial charge on any atom is -0.325 e. The Morgan fingerprint density at radius 2 is 1.52 bits per heavy atom. The molecule has 0 heterocycles. The first-order valence-corrected chi connectivity index (χ1v) is 7.63. The number of carbonyl (C=O) groups is 2. The van der Waals surface area contributed by atoms with E-state index in [-0.39, 0.29) is 10.0 Å². The van der Waals surface area contributed by atoms with Gasteiger partial charge in [0.2, 0.25) is 11.8 Å². The number of amides is 2. The van der Waals surface area contributed by atoms with Crippen LogP contribution in [0.1, 0.15) is 12.0 Å². The van der Waals surface area contributed by atoms with Crippen LogP contribution in [0.5, 0.6) is 0 Å². The van der Waals surface area contributed by atoms with Crippen LogP contribution < -0.4 is 10.6 Å². The Kier molecular flexibility index (Phi) is 5.92. The van der Waals surface area contributed by atoms with E-state index >= 15 is 0 Å². The Labute approximate surface area is 150 Å². The molecule has 0 radical (unpaired) electrons. The molecule has 0 fully saturated rings. The molecule has 0 aliphatic carbocycles. The summed E-state index contributed by atoms with van der Waals surface area (Å²) in [5, 5.41) is 4.62. The van der Waals surface area contributed by atoms with Gasteiger partial charge in [-0.2, -0.15) is 13.2 Å². The van der Waals surface area contributed by atoms with Crippen molar-refractivity contribution in [1.29, 1.82) is 0 Å². The van der Waals surface area contributed by atoms with Crippen LogP contribution in [0.3, 0.4) is 0 Å². The first-order valence-electron chi connectivity index (χ1n) is 6.88. The number of rotatable bonds is 4. The van der Waals surface area contributed by atoms with Crippen molar-refractivity contribution in [2.24, 2.45) is 0 Å². The highest BCUT2D eigenvalue weighted by atomic mass is 35.5. The van der Waals surface area contributed by atoms with E-state index in [0.29, 0.717) is 11.8 Å². The third-order valence-corrected chi connectivity index (χ3v) is 3.59. The molecule has 2 N–H and O–H groups in total. The van der Waals surface area contributed by atoms with Crippen molar-refractivity contribution in [3.8, 4) is 0 Å². The standard InChI is InChI=1S/C16H11Cl2F3N2O2/c17-9-5-6-12(10(7-9)16(19,20)21)22-14(24)8-15(25)23-13-4-2-1-3-11(13)18/h1-7H,8H2,(H,22,24)(H,23,25). The number of benzene rings is 2. The van der Waals surface area contributed by atoms with Crippen LogP contribution in [0, 0.1) is 0 Å². The maximum absolute atomic E-state index is 13.0. The van der Waals surface area contributed by atoms with Crippen LogP contribution in [-0.4, -0.2) is 11.8 Å². The van der Waals surface area contributed by atoms with Gasteiger partial charge in [-0.3, -0.25) is 9.59 Å². The molecule has 0 saturated heterocycles. The van der Waals surface area contributed by atoms with E-state index in [9.17, 15) is 22.8 Å². The van der Waals surface area contributed by atoms with E-state index < -0.39 is 35.7 Å². The highest BCUT2D eigenvalue weighted by molar-refractivity contribution is 6.33. The highest BCUT2D eigenvalue weighted by Gasteiger charge is 2.34. The van der Waals surface area contributed by atoms with Gasteiger partial charge in [0.25, 0.3) is 0 Å². The molecule has 2 amide bonds. The van der Waals surface area contributed by atoms with Crippen molar-refractivity contribution in [2.45, 2.75) is 12.6 Å². The summed E-state index contributed by atoms with van der Waals surface area (Å²) in [4.78, 5) is 23.7. The SMILES string of the molecule is O=C(CC(=O)Nc1ccc(Cl)cc1C(F)(F)F)Nc1ccccc1Cl. The molecule has 0 unspecified atom stereocenters. The summed E-state index contributed by atoms with van der Waals surface area (Å²) in [6.45, 7) is 0. The van der Waals surface area contributed by atoms with Gasteiger partial charge in [0, 0.05) is 5.02 Å². The average Bonchev–Trinajstić information content (AvgIpc) is 2.50. The van der Waals surface area contributed by atoms with Crippen LogP contribution in [0.2, 0.25) is 10.0 Å². The van der Waals surface area contributed by atoms with E-state index in [0.717, 1.165) is 6.07 Å². The van der Waals surface area contributed by atoms with Gasteiger partial charge in [0.15, 0.2) is 0 Å². The monoisotopic (exact) mass is 390 g/mol. The molecule has 0 atom stereocenters. The number of hydrogen-bond donors (Lipinski definition) is 2. The highest BCUT2D eigenvalue weighted by Crippen LogP contribution is 2.36. The maximum atomic E-state index is 13.0. The van der Waals surface area contributed by atoms with Crippen LogP contribution in [0.4, 0.5) is 24.5 Å². The van der Waals surface area contributed by atoms with E-state index in [1.165, 1.54) is 12.1 Å². The second-order valence-electron chi connectivity index (χ2n) is 4.94. The summed E-state index contributed by atoms with van der Waals surface area (Å²) in [6.07, 6.45) is -5.38. The molecule has 2 rings (SSSR count). The number of carbonyl (C=O) groups excluding carboxylic acids is 2. The summed E-state index contributed by atoms with van der Waals surface area (Å²) in [5.74, 6) is -1.62. The Morgan fingerprint density at radius 3 is 2.12 bits per heavy atom. The largest absolute Gasteiger partial charge is 0.418 e. The lowest BCUT2D eigenvalue weighted by Crippen LogP contribution is -2.23. The molecular formula is C16H11Cl2F3N2O2. The Balaban J connectivity index is 2.06. The fourth-order valence-corrected chi connectivity index (χ4v) is 2.31. The first-order chi connectivity index (χ1) is 11.7. The predicted octanol–water partition coefficient (Wildman–Crippen LogP) is 4.98. The van der Waals surface area contributed by atoms with Crippen molar-refractivity contribution < 1.29 is 22.8 Å². The number of halogens is 5. The lowest BCUT2D eigenvalue weighted by molar-refractivity contribution is -0.137. The lowest BCUT2D eigenvalue weighted by atomic mass is 10.1. The molecule has 25 heavy (non-hydrogen) atoms. The third-order valence-electron chi connectivity index (χ3n) is 3.03.